The number of hydrogen-bond donors (Lipinski definition) is 1. The Morgan fingerprint density at radius 3 is 2.72 bits per heavy atom. The number of carboxylic acids is 1. The van der Waals surface area contributed by atoms with Crippen LogP contribution in [0, 0.1) is 13.8 Å². The van der Waals surface area contributed by atoms with E-state index in [1.54, 1.807) is 20.0 Å². The maximum absolute atomic E-state index is 11.2. The average Bonchev–Trinajstić information content (AvgIpc) is 2.53. The molecule has 0 radical (unpaired) electrons. The Hall–Kier alpha value is -2.30. The van der Waals surface area contributed by atoms with Crippen LogP contribution < -0.4 is 4.74 Å². The molecule has 0 aliphatic rings. The van der Waals surface area contributed by atoms with Crippen molar-refractivity contribution in [2.45, 2.75) is 13.8 Å². The van der Waals surface area contributed by atoms with E-state index in [1.807, 2.05) is 25.1 Å². The zero-order valence-electron chi connectivity index (χ0n) is 10.5. The number of carboxylic acid groups (broad SMARTS) is 1. The average molecular weight is 246 g/mol. The van der Waals surface area contributed by atoms with Gasteiger partial charge in [-0.15, -0.1) is 0 Å². The normalized spacial score (nSPS) is 10.4. The molecule has 5 heteroatoms. The molecule has 1 aromatic heterocycles. The lowest BCUT2D eigenvalue weighted by Crippen LogP contribution is -2.01. The van der Waals surface area contributed by atoms with E-state index < -0.39 is 5.97 Å². The first-order valence-electron chi connectivity index (χ1n) is 5.50. The van der Waals surface area contributed by atoms with Gasteiger partial charge in [0, 0.05) is 7.05 Å². The van der Waals surface area contributed by atoms with E-state index in [-0.39, 0.29) is 11.4 Å². The van der Waals surface area contributed by atoms with Crippen LogP contribution in [0.15, 0.2) is 24.3 Å². The van der Waals surface area contributed by atoms with Crippen molar-refractivity contribution < 1.29 is 14.6 Å². The van der Waals surface area contributed by atoms with Gasteiger partial charge in [0.2, 0.25) is 5.88 Å². The standard InChI is InChI=1S/C13H14N2O3/c1-8-5-4-6-10(7-8)18-12-11(13(16)17)9(2)14-15(12)3/h4-7H,1-3H3,(H,16,17). The van der Waals surface area contributed by atoms with Crippen LogP contribution in [0.3, 0.4) is 0 Å². The van der Waals surface area contributed by atoms with Crippen LogP contribution >= 0.6 is 0 Å². The molecule has 1 heterocycles. The molecule has 0 aliphatic heterocycles. The van der Waals surface area contributed by atoms with Crippen molar-refractivity contribution in [2.75, 3.05) is 0 Å². The molecule has 0 bridgehead atoms. The second-order valence-electron chi connectivity index (χ2n) is 4.11. The summed E-state index contributed by atoms with van der Waals surface area (Å²) in [6, 6.07) is 7.42. The summed E-state index contributed by atoms with van der Waals surface area (Å²) in [6.45, 7) is 3.59. The minimum Gasteiger partial charge on any atom is -0.477 e. The highest BCUT2D eigenvalue weighted by Gasteiger charge is 2.21. The molecule has 0 spiro atoms. The fourth-order valence-corrected chi connectivity index (χ4v) is 1.79. The van der Waals surface area contributed by atoms with Gasteiger partial charge in [-0.1, -0.05) is 12.1 Å². The van der Waals surface area contributed by atoms with Gasteiger partial charge in [-0.2, -0.15) is 5.10 Å². The molecule has 0 atom stereocenters. The van der Waals surface area contributed by atoms with Crippen molar-refractivity contribution in [3.05, 3.63) is 41.1 Å². The number of ether oxygens (including phenoxy) is 1. The smallest absolute Gasteiger partial charge is 0.343 e. The second-order valence-corrected chi connectivity index (χ2v) is 4.11. The topological polar surface area (TPSA) is 64.3 Å². The first-order chi connectivity index (χ1) is 8.49. The zero-order chi connectivity index (χ0) is 13.3. The molecule has 2 aromatic rings. The number of aromatic carboxylic acids is 1. The summed E-state index contributed by atoms with van der Waals surface area (Å²) in [5.74, 6) is -0.200. The molecule has 2 rings (SSSR count). The number of aryl methyl sites for hydroxylation is 3. The zero-order valence-corrected chi connectivity index (χ0v) is 10.5. The summed E-state index contributed by atoms with van der Waals surface area (Å²) >= 11 is 0. The Bertz CT molecular complexity index is 602. The molecule has 0 fully saturated rings. The Morgan fingerprint density at radius 2 is 2.11 bits per heavy atom. The number of hydrogen-bond acceptors (Lipinski definition) is 3. The van der Waals surface area contributed by atoms with Crippen LogP contribution in [0.4, 0.5) is 0 Å². The van der Waals surface area contributed by atoms with Crippen molar-refractivity contribution in [3.63, 3.8) is 0 Å². The molecule has 0 aliphatic carbocycles. The maximum Gasteiger partial charge on any atom is 0.343 e. The van der Waals surface area contributed by atoms with Crippen LogP contribution in [0.2, 0.25) is 0 Å². The molecule has 94 valence electrons. The Balaban J connectivity index is 2.43. The van der Waals surface area contributed by atoms with Gasteiger partial charge in [-0.25, -0.2) is 9.48 Å². The van der Waals surface area contributed by atoms with Gasteiger partial charge in [0.25, 0.3) is 0 Å². The van der Waals surface area contributed by atoms with Gasteiger partial charge in [-0.05, 0) is 31.5 Å². The molecular formula is C13H14N2O3. The van der Waals surface area contributed by atoms with E-state index in [4.69, 9.17) is 9.84 Å². The van der Waals surface area contributed by atoms with Gasteiger partial charge in [-0.3, -0.25) is 0 Å². The largest absolute Gasteiger partial charge is 0.477 e. The van der Waals surface area contributed by atoms with Crippen LogP contribution in [0.5, 0.6) is 11.6 Å². The van der Waals surface area contributed by atoms with Gasteiger partial charge in [0.1, 0.15) is 11.3 Å². The third-order valence-electron chi connectivity index (χ3n) is 2.59. The third-order valence-corrected chi connectivity index (χ3v) is 2.59. The van der Waals surface area contributed by atoms with Crippen molar-refractivity contribution in [2.24, 2.45) is 7.05 Å². The Kier molecular flexibility index (Phi) is 3.06. The number of rotatable bonds is 3. The van der Waals surface area contributed by atoms with Crippen molar-refractivity contribution in [3.8, 4) is 11.6 Å². The predicted octanol–water partition coefficient (Wildman–Crippen LogP) is 2.53. The molecular weight excluding hydrogens is 232 g/mol. The highest BCUT2D eigenvalue weighted by Crippen LogP contribution is 2.27. The Morgan fingerprint density at radius 1 is 1.39 bits per heavy atom. The molecule has 18 heavy (non-hydrogen) atoms. The van der Waals surface area contributed by atoms with E-state index in [0.29, 0.717) is 11.4 Å². The number of nitrogens with zero attached hydrogens (tertiary/aromatic N) is 2. The number of carbonyl (C=O) groups is 1. The quantitative estimate of drug-likeness (QED) is 0.903. The molecule has 1 aromatic carbocycles. The molecule has 0 saturated heterocycles. The molecule has 5 nitrogen and oxygen atoms in total. The fraction of sp³-hybridized carbons (Fsp3) is 0.231. The van der Waals surface area contributed by atoms with Crippen molar-refractivity contribution >= 4 is 5.97 Å². The van der Waals surface area contributed by atoms with Gasteiger partial charge >= 0.3 is 5.97 Å². The summed E-state index contributed by atoms with van der Waals surface area (Å²) < 4.78 is 7.05. The minimum absolute atomic E-state index is 0.0963. The second kappa shape index (κ2) is 4.52. The lowest BCUT2D eigenvalue weighted by molar-refractivity contribution is 0.0693. The molecule has 0 unspecified atom stereocenters. The molecule has 0 saturated carbocycles. The predicted molar refractivity (Wildman–Crippen MR) is 66.2 cm³/mol. The number of benzene rings is 1. The van der Waals surface area contributed by atoms with E-state index in [1.165, 1.54) is 4.68 Å². The van der Waals surface area contributed by atoms with Crippen LogP contribution in [-0.2, 0) is 7.05 Å². The molecule has 0 amide bonds. The third kappa shape index (κ3) is 2.20. The van der Waals surface area contributed by atoms with Crippen LogP contribution in [0.1, 0.15) is 21.6 Å². The summed E-state index contributed by atoms with van der Waals surface area (Å²) in [6.07, 6.45) is 0. The van der Waals surface area contributed by atoms with Gasteiger partial charge < -0.3 is 9.84 Å². The van der Waals surface area contributed by atoms with Crippen LogP contribution in [-0.4, -0.2) is 20.9 Å². The monoisotopic (exact) mass is 246 g/mol. The highest BCUT2D eigenvalue weighted by atomic mass is 16.5. The summed E-state index contributed by atoms with van der Waals surface area (Å²) in [7, 11) is 1.66. The molecule has 1 N–H and O–H groups in total. The SMILES string of the molecule is Cc1cccc(Oc2c(C(=O)O)c(C)nn2C)c1. The first kappa shape index (κ1) is 12.2. The van der Waals surface area contributed by atoms with Crippen molar-refractivity contribution in [1.82, 2.24) is 9.78 Å². The highest BCUT2D eigenvalue weighted by molar-refractivity contribution is 5.91. The Labute approximate surface area is 105 Å². The van der Waals surface area contributed by atoms with E-state index in [2.05, 4.69) is 5.10 Å². The number of aromatic nitrogens is 2. The van der Waals surface area contributed by atoms with E-state index >= 15 is 0 Å². The van der Waals surface area contributed by atoms with Gasteiger partial charge in [0.15, 0.2) is 0 Å². The first-order valence-corrected chi connectivity index (χ1v) is 5.50. The summed E-state index contributed by atoms with van der Waals surface area (Å²) in [5, 5.41) is 13.2. The maximum atomic E-state index is 11.2. The van der Waals surface area contributed by atoms with Crippen LogP contribution in [0.25, 0.3) is 0 Å². The summed E-state index contributed by atoms with van der Waals surface area (Å²) in [5.41, 5.74) is 1.58. The van der Waals surface area contributed by atoms with E-state index in [9.17, 15) is 4.79 Å². The minimum atomic E-state index is -1.04. The lowest BCUT2D eigenvalue weighted by Gasteiger charge is -2.07. The summed E-state index contributed by atoms with van der Waals surface area (Å²) in [4.78, 5) is 11.2. The van der Waals surface area contributed by atoms with Crippen molar-refractivity contribution in [1.29, 1.82) is 0 Å². The lowest BCUT2D eigenvalue weighted by atomic mass is 10.2. The fourth-order valence-electron chi connectivity index (χ4n) is 1.79. The van der Waals surface area contributed by atoms with E-state index in [0.717, 1.165) is 5.56 Å². The van der Waals surface area contributed by atoms with Gasteiger partial charge in [0.05, 0.1) is 5.69 Å².